The van der Waals surface area contributed by atoms with Crippen LogP contribution in [0, 0.1) is 13.5 Å². The van der Waals surface area contributed by atoms with Gasteiger partial charge in [-0.15, -0.1) is 0 Å². The molecule has 0 saturated heterocycles. The van der Waals surface area contributed by atoms with Crippen LogP contribution < -0.4 is 9.47 Å². The zero-order valence-corrected chi connectivity index (χ0v) is 16.4. The molecule has 0 aliphatic heterocycles. The lowest BCUT2D eigenvalue weighted by Crippen LogP contribution is -2.13. The van der Waals surface area contributed by atoms with E-state index >= 15 is 0 Å². The Kier molecular flexibility index (Phi) is 5.94. The molecular weight excluding hydrogens is 350 g/mol. The Balaban J connectivity index is 2.68. The summed E-state index contributed by atoms with van der Waals surface area (Å²) < 4.78 is 36.9. The van der Waals surface area contributed by atoms with E-state index in [-0.39, 0.29) is 10.8 Å². The van der Waals surface area contributed by atoms with Gasteiger partial charge in [0, 0.05) is 6.07 Å². The third-order valence-electron chi connectivity index (χ3n) is 4.23. The van der Waals surface area contributed by atoms with Crippen molar-refractivity contribution in [1.82, 2.24) is 0 Å². The molecule has 0 fully saturated rings. The summed E-state index contributed by atoms with van der Waals surface area (Å²) in [6.45, 7) is 13.4. The molecule has 1 unspecified atom stereocenters. The number of methoxy groups -OCH3 is 2. The summed E-state index contributed by atoms with van der Waals surface area (Å²) in [5.74, 6) is 1.03. The Hall–Kier alpha value is -2.52. The number of hydrogen-bond donors (Lipinski definition) is 0. The van der Waals surface area contributed by atoms with E-state index in [1.807, 2.05) is 20.8 Å². The monoisotopic (exact) mass is 373 g/mol. The third kappa shape index (κ3) is 3.68. The van der Waals surface area contributed by atoms with Crippen LogP contribution in [0.15, 0.2) is 41.3 Å². The largest absolute Gasteiger partial charge is 0.496 e. The van der Waals surface area contributed by atoms with Crippen LogP contribution in [0.5, 0.6) is 11.5 Å². The van der Waals surface area contributed by atoms with E-state index in [9.17, 15) is 8.42 Å². The number of sulfone groups is 1. The van der Waals surface area contributed by atoms with E-state index in [2.05, 4.69) is 4.85 Å². The first kappa shape index (κ1) is 19.8. The highest BCUT2D eigenvalue weighted by atomic mass is 32.2. The molecule has 5 nitrogen and oxygen atoms in total. The summed E-state index contributed by atoms with van der Waals surface area (Å²) in [5, 5.41) is -1.39. The second kappa shape index (κ2) is 7.79. The molecule has 0 aromatic heterocycles. The van der Waals surface area contributed by atoms with Gasteiger partial charge in [0.25, 0.3) is 9.84 Å². The third-order valence-corrected chi connectivity index (χ3v) is 6.11. The maximum atomic E-state index is 13.1. The molecule has 0 spiro atoms. The van der Waals surface area contributed by atoms with E-state index in [4.69, 9.17) is 16.0 Å². The predicted octanol–water partition coefficient (Wildman–Crippen LogP) is 4.53. The van der Waals surface area contributed by atoms with Crippen molar-refractivity contribution in [3.05, 3.63) is 64.5 Å². The lowest BCUT2D eigenvalue weighted by atomic mass is 9.98. The first-order valence-corrected chi connectivity index (χ1v) is 9.73. The second-order valence-electron chi connectivity index (χ2n) is 6.33. The predicted molar refractivity (Wildman–Crippen MR) is 101 cm³/mol. The van der Waals surface area contributed by atoms with Crippen LogP contribution in [-0.2, 0) is 9.84 Å². The van der Waals surface area contributed by atoms with Crippen molar-refractivity contribution < 1.29 is 17.9 Å². The summed E-state index contributed by atoms with van der Waals surface area (Å²) in [7, 11) is -0.888. The van der Waals surface area contributed by atoms with E-state index in [1.54, 1.807) is 31.4 Å². The number of ether oxygens (including phenoxy) is 2. The number of rotatable bonds is 6. The van der Waals surface area contributed by atoms with Crippen LogP contribution in [-0.4, -0.2) is 22.6 Å². The van der Waals surface area contributed by atoms with Gasteiger partial charge in [0.1, 0.15) is 11.5 Å². The van der Waals surface area contributed by atoms with Crippen molar-refractivity contribution >= 4 is 9.84 Å². The first-order valence-electron chi connectivity index (χ1n) is 8.19. The highest BCUT2D eigenvalue weighted by Crippen LogP contribution is 2.41. The van der Waals surface area contributed by atoms with Crippen molar-refractivity contribution in [1.29, 1.82) is 0 Å². The van der Waals surface area contributed by atoms with Gasteiger partial charge in [0.15, 0.2) is 0 Å². The minimum Gasteiger partial charge on any atom is -0.496 e. The Morgan fingerprint density at radius 2 is 1.50 bits per heavy atom. The van der Waals surface area contributed by atoms with Crippen LogP contribution in [0.3, 0.4) is 0 Å². The summed E-state index contributed by atoms with van der Waals surface area (Å²) in [6.07, 6.45) is 0. The molecule has 0 N–H and O–H groups in total. The van der Waals surface area contributed by atoms with Crippen LogP contribution in [0.25, 0.3) is 4.85 Å². The molecule has 0 amide bonds. The quantitative estimate of drug-likeness (QED) is 0.698. The highest BCUT2D eigenvalue weighted by molar-refractivity contribution is 7.91. The standard InChI is InChI=1S/C20H23NO4S/c1-13(2)16-11-17(19(25-6)12-18(16)24-5)20(21-4)26(22,23)15-9-7-14(3)8-10-15/h7-13,20H,1-3,5-6H3. The van der Waals surface area contributed by atoms with Gasteiger partial charge in [0.05, 0.1) is 24.7 Å². The van der Waals surface area contributed by atoms with Gasteiger partial charge in [0.2, 0.25) is 0 Å². The van der Waals surface area contributed by atoms with Gasteiger partial charge in [-0.05, 0) is 36.6 Å². The lowest BCUT2D eigenvalue weighted by Gasteiger charge is -2.18. The molecule has 2 aromatic carbocycles. The molecule has 0 saturated carbocycles. The van der Waals surface area contributed by atoms with Gasteiger partial charge in [-0.3, -0.25) is 4.85 Å². The molecule has 2 rings (SSSR count). The summed E-state index contributed by atoms with van der Waals surface area (Å²) in [5.41, 5.74) is 2.11. The number of hydrogen-bond acceptors (Lipinski definition) is 4. The Labute approximate surface area is 155 Å². The van der Waals surface area contributed by atoms with E-state index in [1.165, 1.54) is 19.2 Å². The van der Waals surface area contributed by atoms with Crippen LogP contribution in [0.1, 0.15) is 41.8 Å². The molecule has 0 aliphatic carbocycles. The molecule has 0 heterocycles. The summed E-state index contributed by atoms with van der Waals surface area (Å²) in [6, 6.07) is 9.85. The maximum Gasteiger partial charge on any atom is 0.353 e. The van der Waals surface area contributed by atoms with Gasteiger partial charge in [-0.2, -0.15) is 0 Å². The SMILES string of the molecule is [C-]#[N+]C(c1cc(C(C)C)c(OC)cc1OC)S(=O)(=O)c1ccc(C)cc1. The fourth-order valence-corrected chi connectivity index (χ4v) is 4.19. The minimum absolute atomic E-state index is 0.100. The smallest absolute Gasteiger partial charge is 0.353 e. The molecule has 0 bridgehead atoms. The fraction of sp³-hybridized carbons (Fsp3) is 0.350. The minimum atomic E-state index is -3.89. The Morgan fingerprint density at radius 3 is 1.96 bits per heavy atom. The van der Waals surface area contributed by atoms with E-state index < -0.39 is 15.2 Å². The van der Waals surface area contributed by atoms with Crippen molar-refractivity contribution in [3.63, 3.8) is 0 Å². The van der Waals surface area contributed by atoms with Gasteiger partial charge in [-0.1, -0.05) is 31.5 Å². The number of nitrogens with zero attached hydrogens (tertiary/aromatic N) is 1. The topological polar surface area (TPSA) is 57.0 Å². The molecule has 0 radical (unpaired) electrons. The number of benzene rings is 2. The molecule has 0 aliphatic rings. The first-order chi connectivity index (χ1) is 12.3. The zero-order valence-electron chi connectivity index (χ0n) is 15.6. The zero-order chi connectivity index (χ0) is 19.5. The Morgan fingerprint density at radius 1 is 0.962 bits per heavy atom. The molecule has 6 heteroatoms. The van der Waals surface area contributed by atoms with E-state index in [0.717, 1.165) is 11.1 Å². The lowest BCUT2D eigenvalue weighted by molar-refractivity contribution is 0.386. The van der Waals surface area contributed by atoms with Crippen LogP contribution in [0.2, 0.25) is 0 Å². The van der Waals surface area contributed by atoms with Gasteiger partial charge < -0.3 is 9.47 Å². The van der Waals surface area contributed by atoms with Crippen molar-refractivity contribution in [2.45, 2.75) is 37.0 Å². The number of aryl methyl sites for hydroxylation is 1. The summed E-state index contributed by atoms with van der Waals surface area (Å²) >= 11 is 0. The average molecular weight is 373 g/mol. The maximum absolute atomic E-state index is 13.1. The summed E-state index contributed by atoms with van der Waals surface area (Å²) in [4.78, 5) is 3.55. The Bertz CT molecular complexity index is 926. The van der Waals surface area contributed by atoms with Crippen molar-refractivity contribution in [2.75, 3.05) is 14.2 Å². The van der Waals surface area contributed by atoms with Crippen LogP contribution >= 0.6 is 0 Å². The van der Waals surface area contributed by atoms with Gasteiger partial charge >= 0.3 is 5.37 Å². The second-order valence-corrected chi connectivity index (χ2v) is 8.34. The van der Waals surface area contributed by atoms with Crippen molar-refractivity contribution in [2.24, 2.45) is 0 Å². The van der Waals surface area contributed by atoms with Crippen LogP contribution in [0.4, 0.5) is 0 Å². The highest BCUT2D eigenvalue weighted by Gasteiger charge is 2.37. The van der Waals surface area contributed by atoms with Gasteiger partial charge in [-0.25, -0.2) is 15.0 Å². The fourth-order valence-electron chi connectivity index (χ4n) is 2.76. The molecule has 1 atom stereocenters. The van der Waals surface area contributed by atoms with E-state index in [0.29, 0.717) is 17.1 Å². The normalized spacial score (nSPS) is 12.5. The van der Waals surface area contributed by atoms with Crippen molar-refractivity contribution in [3.8, 4) is 11.5 Å². The average Bonchev–Trinajstić information content (AvgIpc) is 2.61. The molecule has 2 aromatic rings. The molecule has 138 valence electrons. The molecular formula is C20H23NO4S. The molecule has 26 heavy (non-hydrogen) atoms.